The standard InChI is InChI=1S/C9H15N3O2/c1-9(2,6-14-3)11-8(13)12-5-4-10-7-12/h4-5,7H,6H2,1-3H3,(H,11,13). The molecule has 0 bridgehead atoms. The highest BCUT2D eigenvalue weighted by atomic mass is 16.5. The van der Waals surface area contributed by atoms with Crippen molar-refractivity contribution in [3.63, 3.8) is 0 Å². The van der Waals surface area contributed by atoms with Crippen molar-refractivity contribution < 1.29 is 9.53 Å². The van der Waals surface area contributed by atoms with Crippen molar-refractivity contribution >= 4 is 6.03 Å². The molecule has 0 aliphatic carbocycles. The van der Waals surface area contributed by atoms with Gasteiger partial charge < -0.3 is 10.1 Å². The zero-order valence-electron chi connectivity index (χ0n) is 8.65. The Labute approximate surface area is 83.1 Å². The average Bonchev–Trinajstić information content (AvgIpc) is 2.53. The second-order valence-electron chi connectivity index (χ2n) is 3.72. The third kappa shape index (κ3) is 2.85. The number of hydrogen-bond donors (Lipinski definition) is 1. The Morgan fingerprint density at radius 3 is 2.86 bits per heavy atom. The van der Waals surface area contributed by atoms with Crippen LogP contribution in [0.25, 0.3) is 0 Å². The second-order valence-corrected chi connectivity index (χ2v) is 3.72. The maximum Gasteiger partial charge on any atom is 0.327 e. The predicted molar refractivity (Wildman–Crippen MR) is 52.1 cm³/mol. The zero-order chi connectivity index (χ0) is 10.6. The number of nitrogens with one attached hydrogen (secondary N) is 1. The Hall–Kier alpha value is -1.36. The van der Waals surface area contributed by atoms with Crippen molar-refractivity contribution in [3.8, 4) is 0 Å². The highest BCUT2D eigenvalue weighted by Gasteiger charge is 2.20. The quantitative estimate of drug-likeness (QED) is 0.782. The number of ether oxygens (including phenoxy) is 1. The highest BCUT2D eigenvalue weighted by Crippen LogP contribution is 2.02. The number of rotatable bonds is 3. The number of amides is 1. The molecule has 5 heteroatoms. The number of nitrogens with zero attached hydrogens (tertiary/aromatic N) is 2. The monoisotopic (exact) mass is 197 g/mol. The Kier molecular flexibility index (Phi) is 3.24. The maximum atomic E-state index is 11.6. The molecule has 5 nitrogen and oxygen atoms in total. The van der Waals surface area contributed by atoms with Crippen LogP contribution < -0.4 is 5.32 Å². The third-order valence-electron chi connectivity index (χ3n) is 1.69. The molecule has 78 valence electrons. The minimum atomic E-state index is -0.379. The summed E-state index contributed by atoms with van der Waals surface area (Å²) in [6.45, 7) is 4.25. The molecule has 0 aromatic carbocycles. The summed E-state index contributed by atoms with van der Waals surface area (Å²) in [6.07, 6.45) is 4.61. The lowest BCUT2D eigenvalue weighted by Gasteiger charge is -2.24. The van der Waals surface area contributed by atoms with E-state index < -0.39 is 0 Å². The molecule has 0 saturated carbocycles. The van der Waals surface area contributed by atoms with Crippen molar-refractivity contribution in [2.45, 2.75) is 19.4 Å². The molecule has 1 amide bonds. The van der Waals surface area contributed by atoms with Crippen LogP contribution in [0.5, 0.6) is 0 Å². The molecule has 1 aromatic heterocycles. The lowest BCUT2D eigenvalue weighted by atomic mass is 10.1. The van der Waals surface area contributed by atoms with Crippen molar-refractivity contribution in [1.29, 1.82) is 0 Å². The average molecular weight is 197 g/mol. The van der Waals surface area contributed by atoms with Gasteiger partial charge in [0.25, 0.3) is 0 Å². The molecular formula is C9H15N3O2. The lowest BCUT2D eigenvalue weighted by Crippen LogP contribution is -2.48. The summed E-state index contributed by atoms with van der Waals surface area (Å²) in [4.78, 5) is 15.3. The Morgan fingerprint density at radius 1 is 1.64 bits per heavy atom. The fourth-order valence-electron chi connectivity index (χ4n) is 1.13. The number of imidazole rings is 1. The summed E-state index contributed by atoms with van der Waals surface area (Å²) < 4.78 is 6.37. The molecule has 1 N–H and O–H groups in total. The molecule has 0 fully saturated rings. The Bertz CT molecular complexity index is 293. The van der Waals surface area contributed by atoms with Gasteiger partial charge in [0.2, 0.25) is 0 Å². The van der Waals surface area contributed by atoms with Crippen molar-refractivity contribution in [3.05, 3.63) is 18.7 Å². The van der Waals surface area contributed by atoms with E-state index in [1.807, 2.05) is 13.8 Å². The molecule has 0 saturated heterocycles. The van der Waals surface area contributed by atoms with Gasteiger partial charge in [0.05, 0.1) is 12.1 Å². The van der Waals surface area contributed by atoms with E-state index in [-0.39, 0.29) is 11.6 Å². The van der Waals surface area contributed by atoms with E-state index in [9.17, 15) is 4.79 Å². The number of carbonyl (C=O) groups excluding carboxylic acids is 1. The van der Waals surface area contributed by atoms with Crippen LogP contribution in [-0.4, -0.2) is 34.8 Å². The van der Waals surface area contributed by atoms with E-state index in [0.717, 1.165) is 0 Å². The van der Waals surface area contributed by atoms with Crippen LogP contribution in [0.2, 0.25) is 0 Å². The molecule has 0 radical (unpaired) electrons. The second kappa shape index (κ2) is 4.23. The van der Waals surface area contributed by atoms with Gasteiger partial charge in [0.1, 0.15) is 6.33 Å². The first kappa shape index (κ1) is 10.7. The number of hydrogen-bond acceptors (Lipinski definition) is 3. The number of carbonyl (C=O) groups is 1. The third-order valence-corrected chi connectivity index (χ3v) is 1.69. The highest BCUT2D eigenvalue weighted by molar-refractivity contribution is 5.77. The van der Waals surface area contributed by atoms with Crippen LogP contribution >= 0.6 is 0 Å². The predicted octanol–water partition coefficient (Wildman–Crippen LogP) is 0.866. The summed E-state index contributed by atoms with van der Waals surface area (Å²) in [7, 11) is 1.60. The molecule has 1 heterocycles. The molecule has 0 atom stereocenters. The normalized spacial score (nSPS) is 11.4. The lowest BCUT2D eigenvalue weighted by molar-refractivity contribution is 0.131. The first-order chi connectivity index (χ1) is 6.55. The molecule has 1 aromatic rings. The fraction of sp³-hybridized carbons (Fsp3) is 0.556. The minimum Gasteiger partial charge on any atom is -0.382 e. The van der Waals surface area contributed by atoms with Gasteiger partial charge in [-0.05, 0) is 13.8 Å². The fourth-order valence-corrected chi connectivity index (χ4v) is 1.13. The maximum absolute atomic E-state index is 11.6. The van der Waals surface area contributed by atoms with E-state index in [0.29, 0.717) is 6.61 Å². The number of aromatic nitrogens is 2. The van der Waals surface area contributed by atoms with Crippen LogP contribution in [0.3, 0.4) is 0 Å². The first-order valence-electron chi connectivity index (χ1n) is 4.34. The minimum absolute atomic E-state index is 0.204. The van der Waals surface area contributed by atoms with Crippen molar-refractivity contribution in [2.24, 2.45) is 0 Å². The summed E-state index contributed by atoms with van der Waals surface area (Å²) >= 11 is 0. The van der Waals surface area contributed by atoms with E-state index in [2.05, 4.69) is 10.3 Å². The van der Waals surface area contributed by atoms with Crippen molar-refractivity contribution in [1.82, 2.24) is 14.9 Å². The largest absolute Gasteiger partial charge is 0.382 e. The molecule has 14 heavy (non-hydrogen) atoms. The van der Waals surface area contributed by atoms with Gasteiger partial charge in [0.15, 0.2) is 0 Å². The number of methoxy groups -OCH3 is 1. The first-order valence-corrected chi connectivity index (χ1v) is 4.34. The Balaban J connectivity index is 2.57. The Morgan fingerprint density at radius 2 is 2.36 bits per heavy atom. The van der Waals surface area contributed by atoms with E-state index in [1.165, 1.54) is 10.9 Å². The van der Waals surface area contributed by atoms with E-state index >= 15 is 0 Å². The van der Waals surface area contributed by atoms with Gasteiger partial charge in [-0.25, -0.2) is 9.78 Å². The SMILES string of the molecule is COCC(C)(C)NC(=O)n1ccnc1. The summed E-state index contributed by atoms with van der Waals surface area (Å²) in [5, 5.41) is 2.82. The molecule has 1 rings (SSSR count). The summed E-state index contributed by atoms with van der Waals surface area (Å²) in [5.74, 6) is 0. The van der Waals surface area contributed by atoms with E-state index in [1.54, 1.807) is 19.5 Å². The van der Waals surface area contributed by atoms with Gasteiger partial charge >= 0.3 is 6.03 Å². The van der Waals surface area contributed by atoms with Gasteiger partial charge in [-0.3, -0.25) is 4.57 Å². The molecule has 0 spiro atoms. The van der Waals surface area contributed by atoms with Crippen LogP contribution in [0.1, 0.15) is 13.8 Å². The van der Waals surface area contributed by atoms with Gasteiger partial charge in [0, 0.05) is 19.5 Å². The molecular weight excluding hydrogens is 182 g/mol. The van der Waals surface area contributed by atoms with Crippen LogP contribution in [0.15, 0.2) is 18.7 Å². The van der Waals surface area contributed by atoms with Gasteiger partial charge in [-0.2, -0.15) is 0 Å². The molecule has 0 aliphatic rings. The smallest absolute Gasteiger partial charge is 0.327 e. The van der Waals surface area contributed by atoms with Gasteiger partial charge in [-0.15, -0.1) is 0 Å². The zero-order valence-corrected chi connectivity index (χ0v) is 8.65. The van der Waals surface area contributed by atoms with E-state index in [4.69, 9.17) is 4.74 Å². The summed E-state index contributed by atoms with van der Waals surface area (Å²) in [5.41, 5.74) is -0.379. The van der Waals surface area contributed by atoms with Crippen LogP contribution in [0.4, 0.5) is 4.79 Å². The molecule has 0 unspecified atom stereocenters. The topological polar surface area (TPSA) is 56.1 Å². The van der Waals surface area contributed by atoms with Gasteiger partial charge in [-0.1, -0.05) is 0 Å². The molecule has 0 aliphatic heterocycles. The van der Waals surface area contributed by atoms with Crippen molar-refractivity contribution in [2.75, 3.05) is 13.7 Å². The van der Waals surface area contributed by atoms with Crippen LogP contribution in [0, 0.1) is 0 Å². The van der Waals surface area contributed by atoms with Crippen LogP contribution in [-0.2, 0) is 4.74 Å². The summed E-state index contributed by atoms with van der Waals surface area (Å²) in [6, 6.07) is -0.204.